The van der Waals surface area contributed by atoms with Crippen LogP contribution in [0.15, 0.2) is 91.0 Å². The molecule has 37 heavy (non-hydrogen) atoms. The summed E-state index contributed by atoms with van der Waals surface area (Å²) in [6, 6.07) is 32.6. The first kappa shape index (κ1) is 26.7. The molecule has 2 fully saturated rings. The third-order valence-electron chi connectivity index (χ3n) is 8.50. The summed E-state index contributed by atoms with van der Waals surface area (Å²) >= 11 is 0.153. The summed E-state index contributed by atoms with van der Waals surface area (Å²) in [7, 11) is 1.87. The van der Waals surface area contributed by atoms with Crippen molar-refractivity contribution in [2.24, 2.45) is 11.8 Å². The number of ether oxygens (including phenoxy) is 2. The second-order valence-electron chi connectivity index (χ2n) is 11.3. The van der Waals surface area contributed by atoms with Crippen LogP contribution in [0.2, 0.25) is 4.82 Å². The van der Waals surface area contributed by atoms with Crippen molar-refractivity contribution in [3.05, 3.63) is 102 Å². The average molecular weight is 563 g/mol. The maximum absolute atomic E-state index is 7.28. The number of methoxy groups -OCH3 is 1. The van der Waals surface area contributed by atoms with Crippen LogP contribution in [0.25, 0.3) is 0 Å². The Morgan fingerprint density at radius 1 is 0.919 bits per heavy atom. The molecule has 2 aliphatic rings. The van der Waals surface area contributed by atoms with E-state index in [-0.39, 0.29) is 43.7 Å². The number of nitrogens with zero attached hydrogens (tertiary/aromatic N) is 1. The second kappa shape index (κ2) is 11.8. The van der Waals surface area contributed by atoms with E-state index in [9.17, 15) is 0 Å². The molecule has 5 rings (SSSR count). The van der Waals surface area contributed by atoms with Gasteiger partial charge in [-0.3, -0.25) is 0 Å². The van der Waals surface area contributed by atoms with Crippen LogP contribution in [0.3, 0.4) is 0 Å². The predicted molar refractivity (Wildman–Crippen MR) is 153 cm³/mol. The van der Waals surface area contributed by atoms with E-state index in [0.29, 0.717) is 11.8 Å². The fourth-order valence-electron chi connectivity index (χ4n) is 6.44. The number of rotatable bonds is 8. The summed E-state index contributed by atoms with van der Waals surface area (Å²) in [5, 5.41) is 0. The fourth-order valence-corrected chi connectivity index (χ4v) is 9.27. The molecule has 0 amide bonds. The van der Waals surface area contributed by atoms with E-state index in [1.807, 2.05) is 7.11 Å². The van der Waals surface area contributed by atoms with Gasteiger partial charge in [-0.15, -0.1) is 0 Å². The van der Waals surface area contributed by atoms with E-state index in [1.54, 1.807) is 0 Å². The molecular weight excluding hydrogens is 521 g/mol. The molecule has 196 valence electrons. The van der Waals surface area contributed by atoms with Crippen molar-refractivity contribution in [3.63, 3.8) is 0 Å². The first-order chi connectivity index (χ1) is 18.0. The molecule has 0 unspecified atom stereocenters. The molecule has 1 saturated heterocycles. The van der Waals surface area contributed by atoms with Crippen molar-refractivity contribution < 1.29 is 9.47 Å². The first-order valence-electron chi connectivity index (χ1n) is 13.7. The summed E-state index contributed by atoms with van der Waals surface area (Å²) in [4.78, 5) is 2.88. The van der Waals surface area contributed by atoms with E-state index >= 15 is 0 Å². The molecule has 4 heteroatoms. The molecule has 0 bridgehead atoms. The van der Waals surface area contributed by atoms with Gasteiger partial charge < -0.3 is 0 Å². The van der Waals surface area contributed by atoms with Crippen LogP contribution < -0.4 is 4.46 Å². The molecule has 0 N–H and O–H groups in total. The normalized spacial score (nSPS) is 27.2. The predicted octanol–water partition coefficient (Wildman–Crippen LogP) is 6.63. The van der Waals surface area contributed by atoms with Crippen LogP contribution in [0, 0.1) is 11.8 Å². The zero-order valence-electron chi connectivity index (χ0n) is 22.6. The molecule has 1 saturated carbocycles. The van der Waals surface area contributed by atoms with Gasteiger partial charge in [-0.2, -0.15) is 0 Å². The number of hydrogen-bond donors (Lipinski definition) is 0. The molecule has 0 aromatic heterocycles. The van der Waals surface area contributed by atoms with Gasteiger partial charge in [-0.1, -0.05) is 0 Å². The van der Waals surface area contributed by atoms with Crippen LogP contribution in [0.5, 0.6) is 0 Å². The minimum atomic E-state index is -0.0435. The number of hydrogen-bond acceptors (Lipinski definition) is 3. The van der Waals surface area contributed by atoms with Crippen molar-refractivity contribution >= 4 is 19.4 Å². The zero-order valence-corrected chi connectivity index (χ0v) is 24.3. The van der Waals surface area contributed by atoms with Gasteiger partial charge in [0, 0.05) is 0 Å². The quantitative estimate of drug-likeness (QED) is 0.288. The molecule has 1 aliphatic heterocycles. The van der Waals surface area contributed by atoms with Crippen molar-refractivity contribution in [1.29, 1.82) is 0 Å². The molecule has 6 atom stereocenters. The third-order valence-corrected chi connectivity index (χ3v) is 11.2. The van der Waals surface area contributed by atoms with Gasteiger partial charge in [0.1, 0.15) is 0 Å². The van der Waals surface area contributed by atoms with Crippen LogP contribution >= 0.6 is 0 Å². The van der Waals surface area contributed by atoms with E-state index in [2.05, 4.69) is 117 Å². The van der Waals surface area contributed by atoms with Crippen molar-refractivity contribution in [2.45, 2.75) is 75.4 Å². The Hall–Kier alpha value is -1.94. The summed E-state index contributed by atoms with van der Waals surface area (Å²) in [5.41, 5.74) is 2.59. The van der Waals surface area contributed by atoms with Gasteiger partial charge in [0.25, 0.3) is 0 Å². The van der Waals surface area contributed by atoms with E-state index in [4.69, 9.17) is 9.47 Å². The van der Waals surface area contributed by atoms with Crippen molar-refractivity contribution in [3.8, 4) is 0 Å². The standard InChI is InChI=1S/C33H41NO2Se/c1-24-20-21-28-29(22-24)36-32(34(33(28,2)3)23-25-14-8-5-9-15-25)31(37-27-18-12-7-13-19-27)30(35-4)26-16-10-6-11-17-26/h5-19,24,28-32H,20-23H2,1-4H3/t24-,28-,29-,30+,31+,32+/m1/s1. The van der Waals surface area contributed by atoms with Crippen LogP contribution in [0.1, 0.15) is 57.3 Å². The Bertz CT molecular complexity index is 1110. The average Bonchev–Trinajstić information content (AvgIpc) is 2.92. The van der Waals surface area contributed by atoms with Crippen LogP contribution in [0.4, 0.5) is 0 Å². The van der Waals surface area contributed by atoms with E-state index in [0.717, 1.165) is 13.0 Å². The Morgan fingerprint density at radius 3 is 2.19 bits per heavy atom. The molecule has 1 aliphatic carbocycles. The van der Waals surface area contributed by atoms with Gasteiger partial charge in [0.05, 0.1) is 0 Å². The summed E-state index contributed by atoms with van der Waals surface area (Å²) < 4.78 is 15.0. The molecule has 3 aromatic rings. The van der Waals surface area contributed by atoms with Crippen molar-refractivity contribution in [2.75, 3.05) is 7.11 Å². The van der Waals surface area contributed by atoms with Crippen LogP contribution in [-0.4, -0.2) is 44.8 Å². The van der Waals surface area contributed by atoms with E-state index < -0.39 is 0 Å². The molecule has 0 radical (unpaired) electrons. The minimum absolute atomic E-state index is 0.0174. The zero-order chi connectivity index (χ0) is 25.8. The van der Waals surface area contributed by atoms with Gasteiger partial charge in [-0.25, -0.2) is 0 Å². The summed E-state index contributed by atoms with van der Waals surface area (Å²) in [5.74, 6) is 1.25. The van der Waals surface area contributed by atoms with Gasteiger partial charge >= 0.3 is 230 Å². The van der Waals surface area contributed by atoms with Crippen LogP contribution in [-0.2, 0) is 16.0 Å². The summed E-state index contributed by atoms with van der Waals surface area (Å²) in [6.45, 7) is 8.21. The molecule has 1 heterocycles. The molecule has 3 aromatic carbocycles. The Morgan fingerprint density at radius 2 is 1.54 bits per heavy atom. The molecule has 0 spiro atoms. The molecular formula is C33H41NO2Se. The third kappa shape index (κ3) is 5.90. The number of fused-ring (bicyclic) bond motifs is 1. The maximum atomic E-state index is 7.28. The van der Waals surface area contributed by atoms with Crippen molar-refractivity contribution in [1.82, 2.24) is 4.90 Å². The molecule has 3 nitrogen and oxygen atoms in total. The fraction of sp³-hybridized carbons (Fsp3) is 0.455. The van der Waals surface area contributed by atoms with Gasteiger partial charge in [-0.05, 0) is 0 Å². The Labute approximate surface area is 229 Å². The topological polar surface area (TPSA) is 21.7 Å². The Kier molecular flexibility index (Phi) is 8.53. The van der Waals surface area contributed by atoms with Gasteiger partial charge in [0.15, 0.2) is 0 Å². The Balaban J connectivity index is 1.59. The summed E-state index contributed by atoms with van der Waals surface area (Å²) in [6.07, 6.45) is 3.89. The van der Waals surface area contributed by atoms with Gasteiger partial charge in [0.2, 0.25) is 0 Å². The van der Waals surface area contributed by atoms with E-state index in [1.165, 1.54) is 28.4 Å². The second-order valence-corrected chi connectivity index (χ2v) is 13.9. The first-order valence-corrected chi connectivity index (χ1v) is 15.6. The monoisotopic (exact) mass is 563 g/mol. The number of benzene rings is 3. The SMILES string of the molecule is CO[C@@H](c1ccccc1)[C@H]([Se]c1ccccc1)[C@@H]1O[C@@H]2C[C@H](C)CC[C@H]2C(C)(C)N1Cc1ccccc1.